The normalized spacial score (nSPS) is 13.9. The molecule has 0 saturated heterocycles. The van der Waals surface area contributed by atoms with Crippen LogP contribution in [0, 0.1) is 18.2 Å². The van der Waals surface area contributed by atoms with E-state index in [-0.39, 0.29) is 5.82 Å². The Bertz CT molecular complexity index is 619. The van der Waals surface area contributed by atoms with E-state index < -0.39 is 0 Å². The number of nitrogens with one attached hydrogen (secondary N) is 1. The lowest BCUT2D eigenvalue weighted by atomic mass is 10.1. The van der Waals surface area contributed by atoms with Crippen molar-refractivity contribution in [2.75, 3.05) is 4.90 Å². The van der Waals surface area contributed by atoms with Crippen LogP contribution in [0.4, 0.5) is 10.1 Å². The first-order valence-corrected chi connectivity index (χ1v) is 5.73. The predicted octanol–water partition coefficient (Wildman–Crippen LogP) is 2.87. The topological polar surface area (TPSA) is 40.0 Å². The summed E-state index contributed by atoms with van der Waals surface area (Å²) in [5, 5.41) is 8.11. The molecule has 3 nitrogen and oxygen atoms in total. The summed E-state index contributed by atoms with van der Waals surface area (Å²) in [4.78, 5) is 6.06. The van der Waals surface area contributed by atoms with Crippen LogP contribution in [0.2, 0.25) is 0 Å². The Hall–Kier alpha value is -2.23. The number of anilines is 1. The third-order valence-electron chi connectivity index (χ3n) is 3.13. The van der Waals surface area contributed by atoms with Gasteiger partial charge in [0, 0.05) is 11.3 Å². The van der Waals surface area contributed by atoms with Gasteiger partial charge in [0.25, 0.3) is 0 Å². The highest BCUT2D eigenvalue weighted by molar-refractivity contribution is 6.11. The molecule has 3 rings (SSSR count). The minimum atomic E-state index is -0.303. The van der Waals surface area contributed by atoms with Gasteiger partial charge in [0.1, 0.15) is 11.7 Å². The van der Waals surface area contributed by atoms with Gasteiger partial charge in [0.05, 0.1) is 18.4 Å². The third kappa shape index (κ3) is 1.66. The molecule has 0 amide bonds. The van der Waals surface area contributed by atoms with Crippen LogP contribution in [0.15, 0.2) is 36.5 Å². The van der Waals surface area contributed by atoms with E-state index in [0.29, 0.717) is 17.9 Å². The zero-order valence-electron chi connectivity index (χ0n) is 9.94. The van der Waals surface area contributed by atoms with Gasteiger partial charge in [0.15, 0.2) is 0 Å². The quantitative estimate of drug-likeness (QED) is 0.833. The highest BCUT2D eigenvalue weighted by Gasteiger charge is 2.25. The van der Waals surface area contributed by atoms with Crippen molar-refractivity contribution in [3.8, 4) is 0 Å². The fourth-order valence-electron chi connectivity index (χ4n) is 2.14. The molecule has 1 N–H and O–H groups in total. The molecule has 1 aromatic carbocycles. The first-order valence-electron chi connectivity index (χ1n) is 5.73. The van der Waals surface area contributed by atoms with Crippen molar-refractivity contribution in [2.24, 2.45) is 0 Å². The number of aryl methyl sites for hydroxylation is 1. The van der Waals surface area contributed by atoms with E-state index in [0.717, 1.165) is 16.9 Å². The minimum Gasteiger partial charge on any atom is -0.320 e. The highest BCUT2D eigenvalue weighted by atomic mass is 19.1. The Morgan fingerprint density at radius 1 is 1.28 bits per heavy atom. The van der Waals surface area contributed by atoms with Gasteiger partial charge in [-0.25, -0.2) is 4.39 Å². The number of rotatable bonds is 1. The second kappa shape index (κ2) is 3.91. The van der Waals surface area contributed by atoms with Crippen LogP contribution < -0.4 is 4.90 Å². The monoisotopic (exact) mass is 241 g/mol. The van der Waals surface area contributed by atoms with Gasteiger partial charge in [0.2, 0.25) is 0 Å². The van der Waals surface area contributed by atoms with Crippen LogP contribution in [0.5, 0.6) is 0 Å². The summed E-state index contributed by atoms with van der Waals surface area (Å²) in [6, 6.07) is 8.43. The number of halogens is 1. The molecule has 0 aliphatic carbocycles. The van der Waals surface area contributed by atoms with Gasteiger partial charge in [-0.3, -0.25) is 10.4 Å². The SMILES string of the molecule is Cc1ccc(N2Cc3ccc(F)cc3C2=N)cn1. The van der Waals surface area contributed by atoms with E-state index in [2.05, 4.69) is 4.98 Å². The number of hydrogen-bond donors (Lipinski definition) is 1. The Morgan fingerprint density at radius 2 is 2.11 bits per heavy atom. The molecule has 18 heavy (non-hydrogen) atoms. The van der Waals surface area contributed by atoms with E-state index in [1.54, 1.807) is 12.3 Å². The summed E-state index contributed by atoms with van der Waals surface area (Å²) in [6.45, 7) is 2.52. The first-order chi connectivity index (χ1) is 8.65. The summed E-state index contributed by atoms with van der Waals surface area (Å²) in [5.74, 6) is 0.0255. The Balaban J connectivity index is 1.99. The molecule has 0 bridgehead atoms. The maximum absolute atomic E-state index is 13.2. The van der Waals surface area contributed by atoms with Crippen molar-refractivity contribution < 1.29 is 4.39 Å². The Labute approximate surface area is 104 Å². The van der Waals surface area contributed by atoms with Crippen LogP contribution >= 0.6 is 0 Å². The molecule has 1 aliphatic rings. The van der Waals surface area contributed by atoms with Gasteiger partial charge >= 0.3 is 0 Å². The molecule has 1 aliphatic heterocycles. The highest BCUT2D eigenvalue weighted by Crippen LogP contribution is 2.28. The molecule has 0 atom stereocenters. The van der Waals surface area contributed by atoms with Gasteiger partial charge in [-0.1, -0.05) is 6.07 Å². The Kier molecular flexibility index (Phi) is 2.37. The molecule has 0 spiro atoms. The fourth-order valence-corrected chi connectivity index (χ4v) is 2.14. The molecule has 0 saturated carbocycles. The van der Waals surface area contributed by atoms with Crippen molar-refractivity contribution in [1.29, 1.82) is 5.41 Å². The van der Waals surface area contributed by atoms with E-state index in [1.807, 2.05) is 24.0 Å². The molecule has 2 heterocycles. The zero-order valence-corrected chi connectivity index (χ0v) is 9.94. The summed E-state index contributed by atoms with van der Waals surface area (Å²) >= 11 is 0. The van der Waals surface area contributed by atoms with E-state index in [9.17, 15) is 4.39 Å². The van der Waals surface area contributed by atoms with Crippen LogP contribution in [-0.2, 0) is 6.54 Å². The van der Waals surface area contributed by atoms with Gasteiger partial charge in [-0.05, 0) is 36.8 Å². The van der Waals surface area contributed by atoms with Gasteiger partial charge in [-0.2, -0.15) is 0 Å². The summed E-state index contributed by atoms with van der Waals surface area (Å²) in [7, 11) is 0. The van der Waals surface area contributed by atoms with E-state index in [4.69, 9.17) is 5.41 Å². The summed E-state index contributed by atoms with van der Waals surface area (Å²) in [6.07, 6.45) is 1.74. The number of nitrogens with zero attached hydrogens (tertiary/aromatic N) is 2. The smallest absolute Gasteiger partial charge is 0.133 e. The van der Waals surface area contributed by atoms with Crippen molar-refractivity contribution >= 4 is 11.5 Å². The van der Waals surface area contributed by atoms with Gasteiger partial charge in [-0.15, -0.1) is 0 Å². The lowest BCUT2D eigenvalue weighted by Crippen LogP contribution is -2.23. The average Bonchev–Trinajstić information content (AvgIpc) is 2.68. The van der Waals surface area contributed by atoms with E-state index in [1.165, 1.54) is 12.1 Å². The number of pyridine rings is 1. The number of amidine groups is 1. The molecule has 2 aromatic rings. The lowest BCUT2D eigenvalue weighted by molar-refractivity contribution is 0.627. The summed E-state index contributed by atoms with van der Waals surface area (Å²) in [5.41, 5.74) is 3.44. The van der Waals surface area contributed by atoms with Crippen molar-refractivity contribution in [1.82, 2.24) is 4.98 Å². The van der Waals surface area contributed by atoms with Crippen LogP contribution in [0.3, 0.4) is 0 Å². The predicted molar refractivity (Wildman–Crippen MR) is 68.4 cm³/mol. The third-order valence-corrected chi connectivity index (χ3v) is 3.13. The molecule has 0 fully saturated rings. The summed E-state index contributed by atoms with van der Waals surface area (Å²) < 4.78 is 13.2. The second-order valence-electron chi connectivity index (χ2n) is 4.39. The van der Waals surface area contributed by atoms with Crippen molar-refractivity contribution in [3.63, 3.8) is 0 Å². The standard InChI is InChI=1S/C14H12FN3/c1-9-2-5-12(7-17-9)18-8-10-3-4-11(15)6-13(10)14(18)16/h2-7,16H,8H2,1H3. The largest absolute Gasteiger partial charge is 0.320 e. The molecule has 4 heteroatoms. The molecular formula is C14H12FN3. The lowest BCUT2D eigenvalue weighted by Gasteiger charge is -2.17. The van der Waals surface area contributed by atoms with Crippen molar-refractivity contribution in [3.05, 3.63) is 59.2 Å². The second-order valence-corrected chi connectivity index (χ2v) is 4.39. The maximum atomic E-state index is 13.2. The van der Waals surface area contributed by atoms with E-state index >= 15 is 0 Å². The number of aromatic nitrogens is 1. The molecular weight excluding hydrogens is 229 g/mol. The van der Waals surface area contributed by atoms with Gasteiger partial charge < -0.3 is 4.90 Å². The fraction of sp³-hybridized carbons (Fsp3) is 0.143. The molecule has 0 radical (unpaired) electrons. The zero-order chi connectivity index (χ0) is 12.7. The van der Waals surface area contributed by atoms with Crippen LogP contribution in [0.1, 0.15) is 16.8 Å². The molecule has 1 aromatic heterocycles. The van der Waals surface area contributed by atoms with Crippen LogP contribution in [0.25, 0.3) is 0 Å². The Morgan fingerprint density at radius 3 is 2.83 bits per heavy atom. The number of benzene rings is 1. The van der Waals surface area contributed by atoms with Crippen molar-refractivity contribution in [2.45, 2.75) is 13.5 Å². The number of hydrogen-bond acceptors (Lipinski definition) is 2. The first kappa shape index (κ1) is 10.9. The maximum Gasteiger partial charge on any atom is 0.133 e. The average molecular weight is 241 g/mol. The molecule has 0 unspecified atom stereocenters. The molecule has 90 valence electrons. The number of fused-ring (bicyclic) bond motifs is 1. The van der Waals surface area contributed by atoms with Crippen LogP contribution in [-0.4, -0.2) is 10.8 Å². The minimum absolute atomic E-state index is 0.303.